The Labute approximate surface area is 119 Å². The van der Waals surface area contributed by atoms with Crippen molar-refractivity contribution in [1.29, 1.82) is 0 Å². The van der Waals surface area contributed by atoms with E-state index in [0.29, 0.717) is 12.0 Å². The monoisotopic (exact) mass is 326 g/mol. The van der Waals surface area contributed by atoms with E-state index in [-0.39, 0.29) is 0 Å². The Morgan fingerprint density at radius 2 is 1.76 bits per heavy atom. The highest BCUT2D eigenvalue weighted by molar-refractivity contribution is 7.87. The first-order chi connectivity index (χ1) is 9.62. The van der Waals surface area contributed by atoms with Gasteiger partial charge in [0.15, 0.2) is 0 Å². The summed E-state index contributed by atoms with van der Waals surface area (Å²) in [6.07, 6.45) is 0.424. The van der Waals surface area contributed by atoms with Crippen LogP contribution in [0.2, 0.25) is 0 Å². The average molecular weight is 326 g/mol. The molecule has 118 valence electrons. The molecule has 0 saturated heterocycles. The minimum absolute atomic E-state index is 0.424. The SMILES string of the molecule is CCC(C(=O)OC)c1ccc(OS(=O)(=O)C(F)(F)F)cc1. The second kappa shape index (κ2) is 6.33. The van der Waals surface area contributed by atoms with Crippen LogP contribution in [0.1, 0.15) is 24.8 Å². The lowest BCUT2D eigenvalue weighted by Gasteiger charge is -2.14. The lowest BCUT2D eigenvalue weighted by molar-refractivity contribution is -0.142. The molecule has 0 N–H and O–H groups in total. The Balaban J connectivity index is 2.96. The van der Waals surface area contributed by atoms with E-state index in [2.05, 4.69) is 8.92 Å². The summed E-state index contributed by atoms with van der Waals surface area (Å²) >= 11 is 0. The molecule has 1 aromatic carbocycles. The highest BCUT2D eigenvalue weighted by Gasteiger charge is 2.48. The van der Waals surface area contributed by atoms with Crippen LogP contribution in [0.15, 0.2) is 24.3 Å². The molecule has 1 rings (SSSR count). The van der Waals surface area contributed by atoms with Gasteiger partial charge in [-0.1, -0.05) is 19.1 Å². The van der Waals surface area contributed by atoms with Crippen LogP contribution in [-0.2, 0) is 19.6 Å². The highest BCUT2D eigenvalue weighted by atomic mass is 32.2. The molecule has 21 heavy (non-hydrogen) atoms. The highest BCUT2D eigenvalue weighted by Crippen LogP contribution is 2.28. The maximum absolute atomic E-state index is 12.2. The average Bonchev–Trinajstić information content (AvgIpc) is 2.39. The lowest BCUT2D eigenvalue weighted by Crippen LogP contribution is -2.28. The summed E-state index contributed by atoms with van der Waals surface area (Å²) in [5.74, 6) is -1.56. The fraction of sp³-hybridized carbons (Fsp3) is 0.417. The van der Waals surface area contributed by atoms with E-state index in [4.69, 9.17) is 0 Å². The summed E-state index contributed by atoms with van der Waals surface area (Å²) in [5.41, 5.74) is -5.01. The van der Waals surface area contributed by atoms with Crippen LogP contribution in [0.25, 0.3) is 0 Å². The van der Waals surface area contributed by atoms with Crippen LogP contribution < -0.4 is 4.18 Å². The van der Waals surface area contributed by atoms with Gasteiger partial charge in [0.2, 0.25) is 0 Å². The van der Waals surface area contributed by atoms with Crippen molar-refractivity contribution in [2.45, 2.75) is 24.8 Å². The third-order valence-electron chi connectivity index (χ3n) is 2.67. The standard InChI is InChI=1S/C12H13F3O5S/c1-3-10(11(16)19-2)8-4-6-9(7-5-8)20-21(17,18)12(13,14)15/h4-7,10H,3H2,1-2H3. The summed E-state index contributed by atoms with van der Waals surface area (Å²) in [6, 6.07) is 4.72. The number of alkyl halides is 3. The van der Waals surface area contributed by atoms with Gasteiger partial charge in [-0.15, -0.1) is 0 Å². The summed E-state index contributed by atoms with van der Waals surface area (Å²) in [6.45, 7) is 1.74. The van der Waals surface area contributed by atoms with Crippen molar-refractivity contribution in [2.75, 3.05) is 7.11 Å². The number of methoxy groups -OCH3 is 1. The number of ether oxygens (including phenoxy) is 1. The molecule has 0 aliphatic carbocycles. The van der Waals surface area contributed by atoms with Crippen molar-refractivity contribution < 1.29 is 35.3 Å². The van der Waals surface area contributed by atoms with E-state index in [9.17, 15) is 26.4 Å². The van der Waals surface area contributed by atoms with E-state index in [1.54, 1.807) is 6.92 Å². The molecule has 0 amide bonds. The third kappa shape index (κ3) is 4.10. The van der Waals surface area contributed by atoms with Gasteiger partial charge < -0.3 is 8.92 Å². The van der Waals surface area contributed by atoms with E-state index in [0.717, 1.165) is 12.1 Å². The molecule has 1 unspecified atom stereocenters. The van der Waals surface area contributed by atoms with Crippen molar-refractivity contribution >= 4 is 16.1 Å². The number of hydrogen-bond acceptors (Lipinski definition) is 5. The second-order valence-electron chi connectivity index (χ2n) is 4.04. The van der Waals surface area contributed by atoms with Gasteiger partial charge in [-0.05, 0) is 24.1 Å². The maximum atomic E-state index is 12.2. The normalized spacial score (nSPS) is 13.6. The molecule has 0 heterocycles. The molecule has 0 aliphatic rings. The number of rotatable bonds is 5. The quantitative estimate of drug-likeness (QED) is 0.472. The minimum atomic E-state index is -5.70. The predicted molar refractivity (Wildman–Crippen MR) is 67.1 cm³/mol. The Bertz CT molecular complexity index is 592. The van der Waals surface area contributed by atoms with Gasteiger partial charge in [0.05, 0.1) is 13.0 Å². The summed E-state index contributed by atoms with van der Waals surface area (Å²) in [4.78, 5) is 11.5. The van der Waals surface area contributed by atoms with Gasteiger partial charge >= 0.3 is 21.6 Å². The van der Waals surface area contributed by atoms with E-state index in [1.807, 2.05) is 0 Å². The molecule has 9 heteroatoms. The fourth-order valence-corrected chi connectivity index (χ4v) is 2.07. The number of carbonyl (C=O) groups is 1. The Hall–Kier alpha value is -1.77. The van der Waals surface area contributed by atoms with Crippen LogP contribution in [-0.4, -0.2) is 27.0 Å². The molecule has 0 aliphatic heterocycles. The van der Waals surface area contributed by atoms with Gasteiger partial charge in [0.1, 0.15) is 5.75 Å². The van der Waals surface area contributed by atoms with Gasteiger partial charge in [-0.25, -0.2) is 0 Å². The molecule has 1 aromatic rings. The summed E-state index contributed by atoms with van der Waals surface area (Å²) in [7, 11) is -4.48. The van der Waals surface area contributed by atoms with Crippen LogP contribution in [0.5, 0.6) is 5.75 Å². The second-order valence-corrected chi connectivity index (χ2v) is 5.57. The third-order valence-corrected chi connectivity index (χ3v) is 3.64. The molecule has 1 atom stereocenters. The van der Waals surface area contributed by atoms with Gasteiger partial charge in [0.25, 0.3) is 0 Å². The van der Waals surface area contributed by atoms with E-state index in [1.165, 1.54) is 19.2 Å². The molecule has 0 saturated carbocycles. The van der Waals surface area contributed by atoms with Gasteiger partial charge in [-0.3, -0.25) is 4.79 Å². The van der Waals surface area contributed by atoms with Gasteiger partial charge in [0, 0.05) is 0 Å². The Morgan fingerprint density at radius 3 is 2.14 bits per heavy atom. The molecule has 5 nitrogen and oxygen atoms in total. The van der Waals surface area contributed by atoms with Crippen molar-refractivity contribution in [3.8, 4) is 5.75 Å². The fourth-order valence-electron chi connectivity index (χ4n) is 1.61. The summed E-state index contributed by atoms with van der Waals surface area (Å²) < 4.78 is 66.7. The van der Waals surface area contributed by atoms with Crippen molar-refractivity contribution in [1.82, 2.24) is 0 Å². The van der Waals surface area contributed by atoms with E-state index < -0.39 is 33.3 Å². The molecular formula is C12H13F3O5S. The maximum Gasteiger partial charge on any atom is 0.534 e. The smallest absolute Gasteiger partial charge is 0.469 e. The molecule has 0 bridgehead atoms. The number of benzene rings is 1. The van der Waals surface area contributed by atoms with Crippen LogP contribution >= 0.6 is 0 Å². The van der Waals surface area contributed by atoms with Crippen molar-refractivity contribution in [2.24, 2.45) is 0 Å². The first-order valence-corrected chi connectivity index (χ1v) is 7.21. The number of hydrogen-bond donors (Lipinski definition) is 0. The zero-order chi connectivity index (χ0) is 16.3. The summed E-state index contributed by atoms with van der Waals surface area (Å²) in [5, 5.41) is 0. The number of halogens is 3. The zero-order valence-electron chi connectivity index (χ0n) is 11.2. The lowest BCUT2D eigenvalue weighted by atomic mass is 9.97. The van der Waals surface area contributed by atoms with Crippen LogP contribution in [0, 0.1) is 0 Å². The minimum Gasteiger partial charge on any atom is -0.469 e. The largest absolute Gasteiger partial charge is 0.534 e. The first-order valence-electron chi connectivity index (χ1n) is 5.81. The molecule has 0 spiro atoms. The Morgan fingerprint density at radius 1 is 1.24 bits per heavy atom. The Kier molecular flexibility index (Phi) is 5.21. The van der Waals surface area contributed by atoms with Crippen molar-refractivity contribution in [3.05, 3.63) is 29.8 Å². The molecule has 0 aromatic heterocycles. The zero-order valence-corrected chi connectivity index (χ0v) is 12.0. The first kappa shape index (κ1) is 17.3. The number of esters is 1. The van der Waals surface area contributed by atoms with Crippen LogP contribution in [0.4, 0.5) is 13.2 Å². The van der Waals surface area contributed by atoms with Crippen LogP contribution in [0.3, 0.4) is 0 Å². The molecule has 0 radical (unpaired) electrons. The number of carbonyl (C=O) groups excluding carboxylic acids is 1. The topological polar surface area (TPSA) is 69.7 Å². The van der Waals surface area contributed by atoms with E-state index >= 15 is 0 Å². The van der Waals surface area contributed by atoms with Crippen molar-refractivity contribution in [3.63, 3.8) is 0 Å². The molecule has 0 fully saturated rings. The van der Waals surface area contributed by atoms with Gasteiger partial charge in [-0.2, -0.15) is 21.6 Å². The predicted octanol–water partition coefficient (Wildman–Crippen LogP) is 2.58. The molecular weight excluding hydrogens is 313 g/mol.